The molecule has 1 amide bonds. The third-order valence-corrected chi connectivity index (χ3v) is 6.64. The first kappa shape index (κ1) is 21.0. The van der Waals surface area contributed by atoms with Crippen molar-refractivity contribution in [3.8, 4) is 0 Å². The summed E-state index contributed by atoms with van der Waals surface area (Å²) in [4.78, 5) is 25.8. The zero-order chi connectivity index (χ0) is 21.0. The molecule has 0 unspecified atom stereocenters. The molecule has 0 fully saturated rings. The minimum atomic E-state index is -3.58. The fourth-order valence-corrected chi connectivity index (χ4v) is 4.28. The maximum absolute atomic E-state index is 12.9. The van der Waals surface area contributed by atoms with Crippen molar-refractivity contribution >= 4 is 43.1 Å². The van der Waals surface area contributed by atoms with Gasteiger partial charge in [0.1, 0.15) is 0 Å². The average Bonchev–Trinajstić information content (AvgIpc) is 2.75. The fourth-order valence-electron chi connectivity index (χ4n) is 2.83. The normalized spacial score (nSPS) is 11.1. The lowest BCUT2D eigenvalue weighted by molar-refractivity contribution is 0.102. The van der Waals surface area contributed by atoms with Gasteiger partial charge in [0.15, 0.2) is 15.6 Å². The zero-order valence-corrected chi connectivity index (χ0v) is 18.0. The molecule has 1 N–H and O–H groups in total. The molecule has 29 heavy (non-hydrogen) atoms. The van der Waals surface area contributed by atoms with Crippen molar-refractivity contribution in [2.45, 2.75) is 11.8 Å². The van der Waals surface area contributed by atoms with Gasteiger partial charge in [0.05, 0.1) is 21.9 Å². The molecule has 0 aliphatic heterocycles. The number of rotatable bonds is 6. The molecule has 0 aliphatic rings. The van der Waals surface area contributed by atoms with Crippen molar-refractivity contribution in [2.75, 3.05) is 11.1 Å². The first-order chi connectivity index (χ1) is 13.8. The minimum Gasteiger partial charge on any atom is -0.321 e. The van der Waals surface area contributed by atoms with Crippen molar-refractivity contribution in [1.29, 1.82) is 0 Å². The molecular weight excluding hydrogens is 454 g/mol. The van der Waals surface area contributed by atoms with Crippen LogP contribution in [0.5, 0.6) is 0 Å². The number of carbonyl (C=O) groups excluding carboxylic acids is 2. The van der Waals surface area contributed by atoms with Crippen LogP contribution >= 0.6 is 15.9 Å². The molecule has 0 saturated heterocycles. The molecule has 0 aliphatic carbocycles. The number of nitrogens with one attached hydrogen (secondary N) is 1. The second kappa shape index (κ2) is 8.71. The van der Waals surface area contributed by atoms with Crippen molar-refractivity contribution in [1.82, 2.24) is 0 Å². The molecule has 7 heteroatoms. The van der Waals surface area contributed by atoms with Crippen LogP contribution in [0, 0.1) is 0 Å². The Morgan fingerprint density at radius 1 is 0.897 bits per heavy atom. The van der Waals surface area contributed by atoms with Gasteiger partial charge in [-0.25, -0.2) is 8.42 Å². The van der Waals surface area contributed by atoms with Crippen LogP contribution < -0.4 is 5.32 Å². The predicted octanol–water partition coefficient (Wildman–Crippen LogP) is 4.73. The fraction of sp³-hybridized carbons (Fsp3) is 0.0909. The molecule has 3 rings (SSSR count). The number of benzene rings is 3. The number of amides is 1. The third kappa shape index (κ3) is 4.63. The summed E-state index contributed by atoms with van der Waals surface area (Å²) in [5, 5.41) is 2.70. The highest BCUT2D eigenvalue weighted by atomic mass is 79.9. The number of anilines is 1. The summed E-state index contributed by atoms with van der Waals surface area (Å²) in [6.45, 7) is 1.52. The van der Waals surface area contributed by atoms with Crippen LogP contribution in [-0.4, -0.2) is 25.9 Å². The van der Waals surface area contributed by atoms with E-state index in [-0.39, 0.29) is 22.0 Å². The van der Waals surface area contributed by atoms with Gasteiger partial charge in [0.25, 0.3) is 5.91 Å². The Morgan fingerprint density at radius 2 is 1.55 bits per heavy atom. The lowest BCUT2D eigenvalue weighted by Crippen LogP contribution is -2.19. The van der Waals surface area contributed by atoms with E-state index in [4.69, 9.17) is 0 Å². The molecule has 3 aromatic rings. The molecular formula is C22H18BrNO4S. The highest BCUT2D eigenvalue weighted by Crippen LogP contribution is 2.26. The smallest absolute Gasteiger partial charge is 0.257 e. The summed E-state index contributed by atoms with van der Waals surface area (Å²) < 4.78 is 25.4. The van der Waals surface area contributed by atoms with E-state index < -0.39 is 15.7 Å². The van der Waals surface area contributed by atoms with Crippen molar-refractivity contribution < 1.29 is 18.0 Å². The Balaban J connectivity index is 2.01. The Labute approximate surface area is 177 Å². The maximum atomic E-state index is 12.9. The lowest BCUT2D eigenvalue weighted by atomic mass is 10.0. The highest BCUT2D eigenvalue weighted by Gasteiger charge is 2.22. The molecule has 148 valence electrons. The second-order valence-electron chi connectivity index (χ2n) is 6.24. The topological polar surface area (TPSA) is 80.3 Å². The van der Waals surface area contributed by atoms with Crippen LogP contribution in [0.15, 0.2) is 82.2 Å². The molecule has 0 spiro atoms. The van der Waals surface area contributed by atoms with E-state index >= 15 is 0 Å². The van der Waals surface area contributed by atoms with E-state index in [0.29, 0.717) is 21.3 Å². The molecule has 0 saturated carbocycles. The minimum absolute atomic E-state index is 0.0342. The number of carbonyl (C=O) groups is 2. The molecule has 0 radical (unpaired) electrons. The third-order valence-electron chi connectivity index (χ3n) is 4.36. The van der Waals surface area contributed by atoms with Crippen molar-refractivity contribution in [3.05, 3.63) is 94.0 Å². The summed E-state index contributed by atoms with van der Waals surface area (Å²) in [6.07, 6.45) is 0. The van der Waals surface area contributed by atoms with Crippen LogP contribution in [0.4, 0.5) is 5.69 Å². The first-order valence-electron chi connectivity index (χ1n) is 8.86. The zero-order valence-electron chi connectivity index (χ0n) is 15.6. The Kier molecular flexibility index (Phi) is 6.30. The van der Waals surface area contributed by atoms with E-state index in [0.717, 1.165) is 0 Å². The number of ketones is 1. The van der Waals surface area contributed by atoms with Gasteiger partial charge in [-0.3, -0.25) is 9.59 Å². The summed E-state index contributed by atoms with van der Waals surface area (Å²) >= 11 is 3.35. The quantitative estimate of drug-likeness (QED) is 0.527. The predicted molar refractivity (Wildman–Crippen MR) is 116 cm³/mol. The second-order valence-corrected chi connectivity index (χ2v) is 9.40. The largest absolute Gasteiger partial charge is 0.321 e. The Hall–Kier alpha value is -2.77. The van der Waals surface area contributed by atoms with Gasteiger partial charge in [0, 0.05) is 15.6 Å². The van der Waals surface area contributed by atoms with Gasteiger partial charge < -0.3 is 5.32 Å². The molecule has 3 aromatic carbocycles. The number of hydrogen-bond donors (Lipinski definition) is 1. The SMILES string of the molecule is CCS(=O)(=O)c1ccccc1C(=O)Nc1ccc(Br)cc1C(=O)c1ccccc1. The summed E-state index contributed by atoms with van der Waals surface area (Å²) in [5.41, 5.74) is 1.12. The van der Waals surface area contributed by atoms with E-state index in [1.165, 1.54) is 19.1 Å². The Morgan fingerprint density at radius 3 is 2.24 bits per heavy atom. The molecule has 5 nitrogen and oxygen atoms in total. The lowest BCUT2D eigenvalue weighted by Gasteiger charge is -2.13. The monoisotopic (exact) mass is 471 g/mol. The van der Waals surface area contributed by atoms with Crippen LogP contribution in [0.25, 0.3) is 0 Å². The summed E-state index contributed by atoms with van der Waals surface area (Å²) in [5.74, 6) is -0.966. The molecule has 0 heterocycles. The first-order valence-corrected chi connectivity index (χ1v) is 11.3. The van der Waals surface area contributed by atoms with Gasteiger partial charge in [-0.1, -0.05) is 65.3 Å². The van der Waals surface area contributed by atoms with E-state index in [1.807, 2.05) is 6.07 Å². The Bertz CT molecular complexity index is 1170. The van der Waals surface area contributed by atoms with Gasteiger partial charge in [0.2, 0.25) is 0 Å². The number of sulfone groups is 1. The highest BCUT2D eigenvalue weighted by molar-refractivity contribution is 9.10. The molecule has 0 atom stereocenters. The van der Waals surface area contributed by atoms with Crippen LogP contribution in [-0.2, 0) is 9.84 Å². The van der Waals surface area contributed by atoms with Gasteiger partial charge in [-0.05, 0) is 30.3 Å². The van der Waals surface area contributed by atoms with Crippen molar-refractivity contribution in [2.24, 2.45) is 0 Å². The summed E-state index contributed by atoms with van der Waals surface area (Å²) in [6, 6.07) is 19.7. The summed E-state index contributed by atoms with van der Waals surface area (Å²) in [7, 11) is -3.58. The van der Waals surface area contributed by atoms with Crippen LogP contribution in [0.2, 0.25) is 0 Å². The van der Waals surface area contributed by atoms with E-state index in [9.17, 15) is 18.0 Å². The molecule has 0 bridgehead atoms. The molecule has 0 aromatic heterocycles. The van der Waals surface area contributed by atoms with Gasteiger partial charge in [-0.15, -0.1) is 0 Å². The number of halogens is 1. The van der Waals surface area contributed by atoms with Crippen LogP contribution in [0.1, 0.15) is 33.2 Å². The van der Waals surface area contributed by atoms with Crippen LogP contribution in [0.3, 0.4) is 0 Å². The standard InChI is InChI=1S/C22H18BrNO4S/c1-2-29(27,28)20-11-7-6-10-17(20)22(26)24-19-13-12-16(23)14-18(19)21(25)15-8-4-3-5-9-15/h3-14H,2H2,1H3,(H,24,26). The van der Waals surface area contributed by atoms with E-state index in [2.05, 4.69) is 21.2 Å². The number of hydrogen-bond acceptors (Lipinski definition) is 4. The van der Waals surface area contributed by atoms with Gasteiger partial charge in [-0.2, -0.15) is 0 Å². The van der Waals surface area contributed by atoms with Gasteiger partial charge >= 0.3 is 0 Å². The average molecular weight is 472 g/mol. The maximum Gasteiger partial charge on any atom is 0.257 e. The van der Waals surface area contributed by atoms with E-state index in [1.54, 1.807) is 54.6 Å². The van der Waals surface area contributed by atoms with Crippen molar-refractivity contribution in [3.63, 3.8) is 0 Å².